The molecule has 0 saturated carbocycles. The van der Waals surface area contributed by atoms with Crippen LogP contribution in [0.2, 0.25) is 0 Å². The van der Waals surface area contributed by atoms with E-state index in [9.17, 15) is 8.42 Å². The Kier molecular flexibility index (Phi) is 5.77. The summed E-state index contributed by atoms with van der Waals surface area (Å²) in [7, 11) is -3.55. The van der Waals surface area contributed by atoms with Gasteiger partial charge < -0.3 is 9.80 Å². The van der Waals surface area contributed by atoms with Gasteiger partial charge in [0, 0.05) is 51.0 Å². The fraction of sp³-hybridized carbons (Fsp3) is 0.500. The Morgan fingerprint density at radius 1 is 0.844 bits per heavy atom. The summed E-state index contributed by atoms with van der Waals surface area (Å²) in [5.41, 5.74) is 1.79. The molecule has 0 radical (unpaired) electrons. The lowest BCUT2D eigenvalue weighted by Gasteiger charge is -2.35. The molecular weight excluding hydrogens is 444 g/mol. The summed E-state index contributed by atoms with van der Waals surface area (Å²) >= 11 is 1.52. The molecule has 10 heteroatoms. The zero-order valence-corrected chi connectivity index (χ0v) is 20.1. The molecule has 5 rings (SSSR count). The smallest absolute Gasteiger partial charge is 0.243 e. The third kappa shape index (κ3) is 4.18. The van der Waals surface area contributed by atoms with E-state index in [1.165, 1.54) is 30.6 Å². The maximum absolute atomic E-state index is 13.2. The van der Waals surface area contributed by atoms with Crippen molar-refractivity contribution in [1.82, 2.24) is 19.3 Å². The molecule has 0 unspecified atom stereocenters. The number of aromatic nitrogens is 3. The second-order valence-electron chi connectivity index (χ2n) is 8.47. The lowest BCUT2D eigenvalue weighted by molar-refractivity contribution is 0.382. The molecule has 0 aliphatic carbocycles. The van der Waals surface area contributed by atoms with Crippen LogP contribution in [0.3, 0.4) is 0 Å². The number of aryl methyl sites for hydroxylation is 2. The fourth-order valence-corrected chi connectivity index (χ4v) is 6.81. The van der Waals surface area contributed by atoms with E-state index in [0.29, 0.717) is 37.0 Å². The minimum absolute atomic E-state index is 0.335. The molecular formula is C22H28N6O2S2. The Labute approximate surface area is 193 Å². The van der Waals surface area contributed by atoms with Crippen LogP contribution in [0.15, 0.2) is 29.2 Å². The Hall–Kier alpha value is -2.30. The third-order valence-corrected chi connectivity index (χ3v) is 8.96. The first-order chi connectivity index (χ1) is 15.4. The first-order valence-electron chi connectivity index (χ1n) is 11.1. The van der Waals surface area contributed by atoms with Crippen molar-refractivity contribution in [3.63, 3.8) is 0 Å². The molecule has 0 N–H and O–H groups in total. The maximum atomic E-state index is 13.2. The predicted octanol–water partition coefficient (Wildman–Crippen LogP) is 3.20. The molecule has 0 spiro atoms. The molecule has 170 valence electrons. The molecule has 0 amide bonds. The standard InChI is InChI=1S/C22H28N6O2S2/c1-16-14-21(26-8-4-3-5-9-26)25-22(23-16)27-10-12-28(13-11-27)32(29,30)18-6-7-19-20(15-18)31-17(2)24-19/h6-7,14-15H,3-5,8-13H2,1-2H3. The summed E-state index contributed by atoms with van der Waals surface area (Å²) in [5, 5.41) is 0.935. The van der Waals surface area contributed by atoms with Gasteiger partial charge in [-0.3, -0.25) is 0 Å². The first kappa shape index (κ1) is 21.5. The van der Waals surface area contributed by atoms with Gasteiger partial charge in [0.05, 0.1) is 20.1 Å². The van der Waals surface area contributed by atoms with Crippen LogP contribution < -0.4 is 9.80 Å². The number of anilines is 2. The number of nitrogens with zero attached hydrogens (tertiary/aromatic N) is 6. The van der Waals surface area contributed by atoms with Gasteiger partial charge in [0.2, 0.25) is 16.0 Å². The molecule has 2 saturated heterocycles. The van der Waals surface area contributed by atoms with E-state index in [0.717, 1.165) is 39.8 Å². The lowest BCUT2D eigenvalue weighted by atomic mass is 10.1. The van der Waals surface area contributed by atoms with E-state index in [2.05, 4.69) is 19.8 Å². The number of sulfonamides is 1. The van der Waals surface area contributed by atoms with Gasteiger partial charge in [-0.15, -0.1) is 11.3 Å². The number of thiazole rings is 1. The Balaban J connectivity index is 1.31. The van der Waals surface area contributed by atoms with Crippen LogP contribution in [0.1, 0.15) is 30.0 Å². The van der Waals surface area contributed by atoms with E-state index in [1.54, 1.807) is 22.5 Å². The van der Waals surface area contributed by atoms with Gasteiger partial charge >= 0.3 is 0 Å². The first-order valence-corrected chi connectivity index (χ1v) is 13.4. The van der Waals surface area contributed by atoms with Crippen LogP contribution in [0, 0.1) is 13.8 Å². The SMILES string of the molecule is Cc1cc(N2CCCCC2)nc(N2CCN(S(=O)(=O)c3ccc4nc(C)sc4c3)CC2)n1. The highest BCUT2D eigenvalue weighted by atomic mass is 32.2. The van der Waals surface area contributed by atoms with Gasteiger partial charge in [0.15, 0.2) is 0 Å². The van der Waals surface area contributed by atoms with Crippen molar-refractivity contribution >= 4 is 43.3 Å². The monoisotopic (exact) mass is 472 g/mol. The van der Waals surface area contributed by atoms with Gasteiger partial charge in [-0.25, -0.2) is 18.4 Å². The normalized spacial score (nSPS) is 18.4. The van der Waals surface area contributed by atoms with Crippen LogP contribution >= 0.6 is 11.3 Å². The van der Waals surface area contributed by atoms with Gasteiger partial charge in [0.1, 0.15) is 5.82 Å². The van der Waals surface area contributed by atoms with Crippen LogP contribution in [0.25, 0.3) is 10.2 Å². The minimum Gasteiger partial charge on any atom is -0.356 e. The Morgan fingerprint density at radius 3 is 2.34 bits per heavy atom. The van der Waals surface area contributed by atoms with E-state index in [1.807, 2.05) is 19.9 Å². The minimum atomic E-state index is -3.55. The summed E-state index contributed by atoms with van der Waals surface area (Å²) in [6.45, 7) is 7.97. The van der Waals surface area contributed by atoms with E-state index in [4.69, 9.17) is 4.98 Å². The van der Waals surface area contributed by atoms with E-state index < -0.39 is 10.0 Å². The highest BCUT2D eigenvalue weighted by Crippen LogP contribution is 2.27. The zero-order valence-electron chi connectivity index (χ0n) is 18.5. The van der Waals surface area contributed by atoms with Crippen molar-refractivity contribution in [2.45, 2.75) is 38.0 Å². The molecule has 32 heavy (non-hydrogen) atoms. The van der Waals surface area contributed by atoms with Gasteiger partial charge in [0.25, 0.3) is 0 Å². The van der Waals surface area contributed by atoms with Gasteiger partial charge in [-0.05, 0) is 51.3 Å². The zero-order chi connectivity index (χ0) is 22.3. The average Bonchev–Trinajstić information content (AvgIpc) is 3.18. The molecule has 0 bridgehead atoms. The molecule has 2 fully saturated rings. The van der Waals surface area contributed by atoms with Gasteiger partial charge in [-0.1, -0.05) is 0 Å². The van der Waals surface area contributed by atoms with Crippen molar-refractivity contribution in [2.75, 3.05) is 49.1 Å². The van der Waals surface area contributed by atoms with Crippen molar-refractivity contribution in [2.24, 2.45) is 0 Å². The quantitative estimate of drug-likeness (QED) is 0.577. The van der Waals surface area contributed by atoms with Crippen LogP contribution in [-0.4, -0.2) is 66.9 Å². The van der Waals surface area contributed by atoms with Crippen LogP contribution in [0.4, 0.5) is 11.8 Å². The molecule has 0 atom stereocenters. The summed E-state index contributed by atoms with van der Waals surface area (Å²) in [6.07, 6.45) is 3.67. The number of hydrogen-bond donors (Lipinski definition) is 0. The Morgan fingerprint density at radius 2 is 1.59 bits per heavy atom. The number of fused-ring (bicyclic) bond motifs is 1. The largest absolute Gasteiger partial charge is 0.356 e. The molecule has 4 heterocycles. The highest BCUT2D eigenvalue weighted by molar-refractivity contribution is 7.89. The fourth-order valence-electron chi connectivity index (χ4n) is 4.42. The predicted molar refractivity (Wildman–Crippen MR) is 128 cm³/mol. The van der Waals surface area contributed by atoms with Crippen molar-refractivity contribution < 1.29 is 8.42 Å². The molecule has 2 aliphatic heterocycles. The summed E-state index contributed by atoms with van der Waals surface area (Å²) in [4.78, 5) is 18.7. The number of piperazine rings is 1. The second-order valence-corrected chi connectivity index (χ2v) is 11.6. The lowest BCUT2D eigenvalue weighted by Crippen LogP contribution is -2.49. The van der Waals surface area contributed by atoms with Crippen molar-refractivity contribution in [1.29, 1.82) is 0 Å². The highest BCUT2D eigenvalue weighted by Gasteiger charge is 2.30. The van der Waals surface area contributed by atoms with Crippen molar-refractivity contribution in [3.8, 4) is 0 Å². The molecule has 1 aromatic carbocycles. The topological polar surface area (TPSA) is 82.5 Å². The third-order valence-electron chi connectivity index (χ3n) is 6.14. The maximum Gasteiger partial charge on any atom is 0.243 e. The molecule has 2 aliphatic rings. The number of rotatable bonds is 4. The molecule has 3 aromatic rings. The summed E-state index contributed by atoms with van der Waals surface area (Å²) < 4.78 is 29.0. The van der Waals surface area contributed by atoms with E-state index in [-0.39, 0.29) is 0 Å². The number of piperidine rings is 1. The Bertz CT molecular complexity index is 1230. The summed E-state index contributed by atoms with van der Waals surface area (Å²) in [6, 6.07) is 7.26. The summed E-state index contributed by atoms with van der Waals surface area (Å²) in [5.74, 6) is 1.68. The average molecular weight is 473 g/mol. The number of hydrogen-bond acceptors (Lipinski definition) is 8. The second kappa shape index (κ2) is 8.57. The molecule has 2 aromatic heterocycles. The molecule has 8 nitrogen and oxygen atoms in total. The van der Waals surface area contributed by atoms with E-state index >= 15 is 0 Å². The van der Waals surface area contributed by atoms with Crippen molar-refractivity contribution in [3.05, 3.63) is 35.0 Å². The van der Waals surface area contributed by atoms with Gasteiger partial charge in [-0.2, -0.15) is 9.29 Å². The van der Waals surface area contributed by atoms with Crippen LogP contribution in [-0.2, 0) is 10.0 Å². The van der Waals surface area contributed by atoms with Crippen LogP contribution in [0.5, 0.6) is 0 Å². The number of benzene rings is 1.